The van der Waals surface area contributed by atoms with Crippen molar-refractivity contribution in [2.45, 2.75) is 26.9 Å². The van der Waals surface area contributed by atoms with E-state index in [1.165, 1.54) is 4.90 Å². The normalized spacial score (nSPS) is 11.3. The molecule has 4 rings (SSSR count). The summed E-state index contributed by atoms with van der Waals surface area (Å²) in [6.07, 6.45) is 0.881. The number of amides is 2. The largest absolute Gasteiger partial charge is 0.486 e. The molecule has 4 aromatic rings. The van der Waals surface area contributed by atoms with Crippen LogP contribution in [0.4, 0.5) is 10.6 Å². The highest BCUT2D eigenvalue weighted by atomic mass is 16.5. The van der Waals surface area contributed by atoms with Gasteiger partial charge in [-0.1, -0.05) is 6.07 Å². The van der Waals surface area contributed by atoms with Crippen molar-refractivity contribution in [3.8, 4) is 5.75 Å². The first-order chi connectivity index (χ1) is 20.3. The van der Waals surface area contributed by atoms with E-state index in [1.54, 1.807) is 74.6 Å². The zero-order chi connectivity index (χ0) is 30.1. The van der Waals surface area contributed by atoms with Crippen LogP contribution in [-0.2, 0) is 27.9 Å². The zero-order valence-electron chi connectivity index (χ0n) is 23.6. The predicted octanol–water partition coefficient (Wildman–Crippen LogP) is 4.01. The summed E-state index contributed by atoms with van der Waals surface area (Å²) in [6, 6.07) is 17.3. The lowest BCUT2D eigenvalue weighted by Crippen LogP contribution is -2.34. The van der Waals surface area contributed by atoms with Gasteiger partial charge >= 0.3 is 12.1 Å². The van der Waals surface area contributed by atoms with Crippen LogP contribution in [0.2, 0.25) is 0 Å². The number of aromatic nitrogens is 3. The van der Waals surface area contributed by atoms with Crippen molar-refractivity contribution in [2.75, 3.05) is 24.7 Å². The van der Waals surface area contributed by atoms with E-state index in [0.717, 1.165) is 5.52 Å². The zero-order valence-corrected chi connectivity index (χ0v) is 23.6. The van der Waals surface area contributed by atoms with Gasteiger partial charge in [-0.2, -0.15) is 4.99 Å². The number of carbonyl (C=O) groups is 3. The third-order valence-electron chi connectivity index (χ3n) is 6.23. The van der Waals surface area contributed by atoms with Crippen molar-refractivity contribution >= 4 is 40.7 Å². The van der Waals surface area contributed by atoms with Crippen molar-refractivity contribution in [3.05, 3.63) is 83.8 Å². The standard InChI is InChI=1S/C30H32N6O6/c1-4-40-27(37)15-17-36(25-8-6-7-16-32-25)29(38)21-11-14-24-23(18-21)33-26(35(24)3)19-42-22-12-9-20(10-13-22)28(31)34-30(39)41-5-2/h6-14,16,18H,4-5,15,17,19H2,1-3H3,(H2,31,34,39). The summed E-state index contributed by atoms with van der Waals surface area (Å²) in [7, 11) is 1.87. The number of fused-ring (bicyclic) bond motifs is 1. The number of hydrogen-bond donors (Lipinski definition) is 1. The highest BCUT2D eigenvalue weighted by molar-refractivity contribution is 6.07. The summed E-state index contributed by atoms with van der Waals surface area (Å²) in [5.74, 6) is 0.988. The Morgan fingerprint density at radius 2 is 1.71 bits per heavy atom. The molecule has 0 unspecified atom stereocenters. The van der Waals surface area contributed by atoms with E-state index in [-0.39, 0.29) is 50.5 Å². The summed E-state index contributed by atoms with van der Waals surface area (Å²) in [6.45, 7) is 4.19. The number of anilines is 1. The quantitative estimate of drug-likeness (QED) is 0.160. The number of benzene rings is 2. The van der Waals surface area contributed by atoms with Crippen LogP contribution in [0, 0.1) is 0 Å². The van der Waals surface area contributed by atoms with E-state index >= 15 is 0 Å². The molecular weight excluding hydrogens is 540 g/mol. The van der Waals surface area contributed by atoms with E-state index in [2.05, 4.69) is 15.0 Å². The molecule has 0 bridgehead atoms. The fraction of sp³-hybridized carbons (Fsp3) is 0.267. The van der Waals surface area contributed by atoms with E-state index in [1.807, 2.05) is 17.7 Å². The Kier molecular flexibility index (Phi) is 9.82. The second-order valence-electron chi connectivity index (χ2n) is 9.00. The van der Waals surface area contributed by atoms with Crippen LogP contribution in [0.5, 0.6) is 5.75 Å². The topological polar surface area (TPSA) is 151 Å². The van der Waals surface area contributed by atoms with Crippen LogP contribution < -0.4 is 15.4 Å². The highest BCUT2D eigenvalue weighted by Crippen LogP contribution is 2.22. The molecule has 42 heavy (non-hydrogen) atoms. The first-order valence-electron chi connectivity index (χ1n) is 13.4. The van der Waals surface area contributed by atoms with Crippen molar-refractivity contribution in [1.82, 2.24) is 14.5 Å². The van der Waals surface area contributed by atoms with E-state index in [0.29, 0.717) is 34.0 Å². The number of esters is 1. The summed E-state index contributed by atoms with van der Waals surface area (Å²) in [5, 5.41) is 0. The molecule has 0 aliphatic heterocycles. The second-order valence-corrected chi connectivity index (χ2v) is 9.00. The minimum absolute atomic E-state index is 0.0369. The lowest BCUT2D eigenvalue weighted by Gasteiger charge is -2.21. The molecule has 0 atom stereocenters. The van der Waals surface area contributed by atoms with Gasteiger partial charge in [0.25, 0.3) is 5.91 Å². The third-order valence-corrected chi connectivity index (χ3v) is 6.23. The van der Waals surface area contributed by atoms with E-state index in [9.17, 15) is 14.4 Å². The van der Waals surface area contributed by atoms with Crippen LogP contribution in [-0.4, -0.2) is 58.1 Å². The summed E-state index contributed by atoms with van der Waals surface area (Å²) >= 11 is 0. The van der Waals surface area contributed by atoms with Gasteiger partial charge in [-0.3, -0.25) is 14.5 Å². The van der Waals surface area contributed by atoms with Crippen LogP contribution in [0.1, 0.15) is 42.0 Å². The molecule has 0 radical (unpaired) electrons. The molecule has 2 aromatic carbocycles. The van der Waals surface area contributed by atoms with Gasteiger partial charge in [-0.25, -0.2) is 14.8 Å². The Hall–Kier alpha value is -5.26. The molecule has 12 heteroatoms. The number of imidazole rings is 1. The van der Waals surface area contributed by atoms with Gasteiger partial charge in [-0.05, 0) is 68.4 Å². The summed E-state index contributed by atoms with van der Waals surface area (Å²) < 4.78 is 17.6. The number of carbonyl (C=O) groups excluding carboxylic acids is 3. The SMILES string of the molecule is CCOC(=O)CCN(C(=O)c1ccc2c(c1)nc(COc1ccc(/C(N)=N\C(=O)OCC)cc1)n2C)c1ccccn1. The van der Waals surface area contributed by atoms with Gasteiger partial charge in [0.1, 0.15) is 29.8 Å². The maximum atomic E-state index is 13.6. The predicted molar refractivity (Wildman–Crippen MR) is 156 cm³/mol. The average Bonchev–Trinajstić information content (AvgIpc) is 3.31. The smallest absolute Gasteiger partial charge is 0.435 e. The lowest BCUT2D eigenvalue weighted by atomic mass is 10.1. The fourth-order valence-electron chi connectivity index (χ4n) is 4.13. The molecule has 0 aliphatic carbocycles. The Labute approximate surface area is 242 Å². The van der Waals surface area contributed by atoms with Crippen LogP contribution in [0.25, 0.3) is 11.0 Å². The Morgan fingerprint density at radius 1 is 0.976 bits per heavy atom. The molecule has 2 amide bonds. The number of hydrogen-bond acceptors (Lipinski definition) is 8. The fourth-order valence-corrected chi connectivity index (χ4v) is 4.13. The van der Waals surface area contributed by atoms with Crippen LogP contribution >= 0.6 is 0 Å². The number of nitrogens with zero attached hydrogens (tertiary/aromatic N) is 5. The molecule has 2 N–H and O–H groups in total. The molecule has 0 spiro atoms. The Balaban J connectivity index is 1.48. The highest BCUT2D eigenvalue weighted by Gasteiger charge is 2.21. The first-order valence-corrected chi connectivity index (χ1v) is 13.4. The average molecular weight is 573 g/mol. The monoisotopic (exact) mass is 572 g/mol. The van der Waals surface area contributed by atoms with E-state index in [4.69, 9.17) is 19.9 Å². The molecular formula is C30H32N6O6. The van der Waals surface area contributed by atoms with Gasteiger partial charge in [0, 0.05) is 30.9 Å². The Bertz CT molecular complexity index is 1580. The number of amidine groups is 1. The minimum atomic E-state index is -0.747. The second kappa shape index (κ2) is 13.9. The van der Waals surface area contributed by atoms with Crippen molar-refractivity contribution in [2.24, 2.45) is 17.8 Å². The van der Waals surface area contributed by atoms with Crippen molar-refractivity contribution in [1.29, 1.82) is 0 Å². The molecule has 2 aromatic heterocycles. The van der Waals surface area contributed by atoms with Gasteiger partial charge in [0.05, 0.1) is 30.7 Å². The van der Waals surface area contributed by atoms with Crippen molar-refractivity contribution in [3.63, 3.8) is 0 Å². The van der Waals surface area contributed by atoms with Gasteiger partial charge in [0.2, 0.25) is 0 Å². The summed E-state index contributed by atoms with van der Waals surface area (Å²) in [4.78, 5) is 51.2. The van der Waals surface area contributed by atoms with Gasteiger partial charge in [0.15, 0.2) is 0 Å². The maximum Gasteiger partial charge on any atom is 0.435 e. The Morgan fingerprint density at radius 3 is 2.40 bits per heavy atom. The van der Waals surface area contributed by atoms with Crippen molar-refractivity contribution < 1.29 is 28.6 Å². The molecule has 12 nitrogen and oxygen atoms in total. The molecule has 0 aliphatic rings. The molecule has 0 saturated carbocycles. The number of nitrogens with two attached hydrogens (primary N) is 1. The maximum absolute atomic E-state index is 13.6. The van der Waals surface area contributed by atoms with E-state index < -0.39 is 6.09 Å². The third kappa shape index (κ3) is 7.27. The first kappa shape index (κ1) is 29.7. The van der Waals surface area contributed by atoms with Gasteiger partial charge in [-0.15, -0.1) is 0 Å². The van der Waals surface area contributed by atoms with Crippen LogP contribution in [0.15, 0.2) is 71.9 Å². The number of ether oxygens (including phenoxy) is 3. The number of aryl methyl sites for hydroxylation is 1. The molecule has 218 valence electrons. The minimum Gasteiger partial charge on any atom is -0.486 e. The summed E-state index contributed by atoms with van der Waals surface area (Å²) in [5.41, 5.74) is 8.27. The molecule has 0 saturated heterocycles. The molecule has 0 fully saturated rings. The van der Waals surface area contributed by atoms with Gasteiger partial charge < -0.3 is 24.5 Å². The number of rotatable bonds is 11. The molecule has 2 heterocycles. The lowest BCUT2D eigenvalue weighted by molar-refractivity contribution is -0.142. The number of aliphatic imine (C=N–C) groups is 1. The number of pyridine rings is 1. The van der Waals surface area contributed by atoms with Crippen LogP contribution in [0.3, 0.4) is 0 Å².